The lowest BCUT2D eigenvalue weighted by Crippen LogP contribution is -2.43. The van der Waals surface area contributed by atoms with Gasteiger partial charge >= 0.3 is 6.18 Å². The van der Waals surface area contributed by atoms with Crippen molar-refractivity contribution in [3.8, 4) is 17.6 Å². The summed E-state index contributed by atoms with van der Waals surface area (Å²) in [5.41, 5.74) is 1.15. The summed E-state index contributed by atoms with van der Waals surface area (Å²) in [4.78, 5) is 12.1. The van der Waals surface area contributed by atoms with Gasteiger partial charge in [-0.05, 0) is 25.8 Å². The SMILES string of the molecule is C[C@H](NS(=O)(=O)c1cnc(-c2c(C#N)c3cc(Cl)cnc3n2C2CCCC2)nc1)C(F)(F)F. The highest BCUT2D eigenvalue weighted by Gasteiger charge is 2.39. The Morgan fingerprint density at radius 2 is 1.85 bits per heavy atom. The normalized spacial score (nSPS) is 16.2. The maximum absolute atomic E-state index is 12.8. The van der Waals surface area contributed by atoms with E-state index in [1.54, 1.807) is 10.8 Å². The number of hydrogen-bond donors (Lipinski definition) is 1. The molecule has 3 heterocycles. The van der Waals surface area contributed by atoms with Crippen LogP contribution in [0.3, 0.4) is 0 Å². The van der Waals surface area contributed by atoms with Gasteiger partial charge in [0.05, 0.1) is 23.0 Å². The number of sulfonamides is 1. The van der Waals surface area contributed by atoms with Crippen LogP contribution in [-0.4, -0.2) is 40.2 Å². The number of aromatic nitrogens is 4. The second-order valence-electron chi connectivity index (χ2n) is 7.80. The van der Waals surface area contributed by atoms with Crippen molar-refractivity contribution in [2.75, 3.05) is 0 Å². The lowest BCUT2D eigenvalue weighted by molar-refractivity contribution is -0.147. The van der Waals surface area contributed by atoms with E-state index in [2.05, 4.69) is 21.0 Å². The second kappa shape index (κ2) is 8.55. The molecule has 0 amide bonds. The number of nitriles is 1. The van der Waals surface area contributed by atoms with Crippen LogP contribution in [-0.2, 0) is 10.0 Å². The molecule has 1 N–H and O–H groups in total. The van der Waals surface area contributed by atoms with Gasteiger partial charge in [-0.1, -0.05) is 24.4 Å². The fourth-order valence-electron chi connectivity index (χ4n) is 3.96. The zero-order chi connectivity index (χ0) is 24.0. The molecule has 174 valence electrons. The molecule has 3 aromatic heterocycles. The van der Waals surface area contributed by atoms with E-state index in [1.165, 1.54) is 6.20 Å². The zero-order valence-electron chi connectivity index (χ0n) is 17.3. The molecule has 3 aromatic rings. The third-order valence-electron chi connectivity index (χ3n) is 5.58. The van der Waals surface area contributed by atoms with Gasteiger partial charge in [0, 0.05) is 17.6 Å². The van der Waals surface area contributed by atoms with E-state index in [9.17, 15) is 26.9 Å². The molecule has 1 atom stereocenters. The number of halogens is 4. The van der Waals surface area contributed by atoms with Gasteiger partial charge in [-0.3, -0.25) is 0 Å². The molecule has 1 saturated carbocycles. The summed E-state index contributed by atoms with van der Waals surface area (Å²) in [5, 5.41) is 10.8. The van der Waals surface area contributed by atoms with Crippen molar-refractivity contribution >= 4 is 32.7 Å². The van der Waals surface area contributed by atoms with E-state index < -0.39 is 27.1 Å². The predicted molar refractivity (Wildman–Crippen MR) is 114 cm³/mol. The first kappa shape index (κ1) is 23.4. The Bertz CT molecular complexity index is 1340. The number of fused-ring (bicyclic) bond motifs is 1. The largest absolute Gasteiger partial charge is 0.404 e. The maximum Gasteiger partial charge on any atom is 0.404 e. The summed E-state index contributed by atoms with van der Waals surface area (Å²) in [7, 11) is -4.51. The first-order chi connectivity index (χ1) is 15.5. The Balaban J connectivity index is 1.81. The summed E-state index contributed by atoms with van der Waals surface area (Å²) >= 11 is 6.09. The first-order valence-corrected chi connectivity index (χ1v) is 11.9. The fraction of sp³-hybridized carbons (Fsp3) is 0.400. The molecule has 8 nitrogen and oxygen atoms in total. The smallest absolute Gasteiger partial charge is 0.318 e. The van der Waals surface area contributed by atoms with Crippen LogP contribution in [0.15, 0.2) is 29.6 Å². The standard InChI is InChI=1S/C20H18ClF3N6O2S/c1-11(20(22,23)24)29-33(31,32)14-9-26-18(27-10-14)17-16(7-25)15-6-12(21)8-28-19(15)30(17)13-4-2-3-5-13/h6,8-11,13,29H,2-5H2,1H3/t11-/m0/s1. The van der Waals surface area contributed by atoms with Gasteiger partial charge in [0.1, 0.15) is 28.3 Å². The molecule has 33 heavy (non-hydrogen) atoms. The molecule has 4 rings (SSSR count). The van der Waals surface area contributed by atoms with Crippen LogP contribution in [0.4, 0.5) is 13.2 Å². The van der Waals surface area contributed by atoms with Gasteiger partial charge in [0.25, 0.3) is 0 Å². The summed E-state index contributed by atoms with van der Waals surface area (Å²) in [6.45, 7) is 0.699. The summed E-state index contributed by atoms with van der Waals surface area (Å²) in [5.74, 6) is 0.0652. The quantitative estimate of drug-likeness (QED) is 0.559. The molecule has 0 spiro atoms. The molecular weight excluding hydrogens is 481 g/mol. The molecule has 0 aliphatic heterocycles. The van der Waals surface area contributed by atoms with E-state index in [-0.39, 0.29) is 17.4 Å². The van der Waals surface area contributed by atoms with Gasteiger partial charge in [0.15, 0.2) is 5.82 Å². The Morgan fingerprint density at radius 1 is 1.21 bits per heavy atom. The highest BCUT2D eigenvalue weighted by atomic mass is 35.5. The minimum absolute atomic E-state index is 0.0413. The highest BCUT2D eigenvalue weighted by molar-refractivity contribution is 7.89. The van der Waals surface area contributed by atoms with Crippen molar-refractivity contribution < 1.29 is 21.6 Å². The van der Waals surface area contributed by atoms with Crippen LogP contribution in [0.25, 0.3) is 22.6 Å². The molecule has 0 bridgehead atoms. The van der Waals surface area contributed by atoms with Gasteiger partial charge in [0.2, 0.25) is 10.0 Å². The summed E-state index contributed by atoms with van der Waals surface area (Å²) in [6, 6.07) is 1.52. The van der Waals surface area contributed by atoms with Gasteiger partial charge in [-0.25, -0.2) is 23.4 Å². The van der Waals surface area contributed by atoms with E-state index >= 15 is 0 Å². The minimum Gasteiger partial charge on any atom is -0.318 e. The third-order valence-corrected chi connectivity index (χ3v) is 7.29. The molecule has 13 heteroatoms. The minimum atomic E-state index is -4.74. The van der Waals surface area contributed by atoms with Crippen LogP contribution >= 0.6 is 11.6 Å². The van der Waals surface area contributed by atoms with Crippen molar-refractivity contribution in [2.24, 2.45) is 0 Å². The van der Waals surface area contributed by atoms with Crippen LogP contribution in [0, 0.1) is 11.3 Å². The lowest BCUT2D eigenvalue weighted by Gasteiger charge is -2.18. The first-order valence-electron chi connectivity index (χ1n) is 10.0. The lowest BCUT2D eigenvalue weighted by atomic mass is 10.1. The van der Waals surface area contributed by atoms with Crippen LogP contribution < -0.4 is 4.72 Å². The molecular formula is C20H18ClF3N6O2S. The average Bonchev–Trinajstić information content (AvgIpc) is 3.38. The Morgan fingerprint density at radius 3 is 2.42 bits per heavy atom. The number of alkyl halides is 3. The number of nitrogens with zero attached hydrogens (tertiary/aromatic N) is 5. The number of hydrogen-bond acceptors (Lipinski definition) is 6. The Hall–Kier alpha value is -2.75. The highest BCUT2D eigenvalue weighted by Crippen LogP contribution is 2.40. The van der Waals surface area contributed by atoms with Crippen molar-refractivity contribution in [1.29, 1.82) is 5.26 Å². The maximum atomic E-state index is 12.8. The van der Waals surface area contributed by atoms with E-state index in [1.807, 2.05) is 4.57 Å². The molecule has 1 aliphatic rings. The summed E-state index contributed by atoms with van der Waals surface area (Å²) < 4.78 is 66.5. The monoisotopic (exact) mass is 498 g/mol. The van der Waals surface area contributed by atoms with Crippen molar-refractivity contribution in [3.05, 3.63) is 35.2 Å². The second-order valence-corrected chi connectivity index (χ2v) is 9.95. The van der Waals surface area contributed by atoms with Gasteiger partial charge < -0.3 is 4.57 Å². The molecule has 1 aliphatic carbocycles. The molecule has 0 aromatic carbocycles. The van der Waals surface area contributed by atoms with E-state index in [4.69, 9.17) is 11.6 Å². The molecule has 0 saturated heterocycles. The van der Waals surface area contributed by atoms with E-state index in [0.717, 1.165) is 38.1 Å². The third kappa shape index (κ3) is 4.40. The van der Waals surface area contributed by atoms with Crippen LogP contribution in [0.5, 0.6) is 0 Å². The Kier molecular flexibility index (Phi) is 6.07. The average molecular weight is 499 g/mol. The molecule has 1 fully saturated rings. The van der Waals surface area contributed by atoms with Crippen molar-refractivity contribution in [3.63, 3.8) is 0 Å². The fourth-order valence-corrected chi connectivity index (χ4v) is 5.23. The number of rotatable bonds is 5. The predicted octanol–water partition coefficient (Wildman–Crippen LogP) is 4.36. The topological polar surface area (TPSA) is 114 Å². The number of nitrogens with one attached hydrogen (secondary N) is 1. The van der Waals surface area contributed by atoms with E-state index in [0.29, 0.717) is 28.7 Å². The summed E-state index contributed by atoms with van der Waals surface area (Å²) in [6.07, 6.45) is 2.30. The van der Waals surface area contributed by atoms with Crippen molar-refractivity contribution in [1.82, 2.24) is 24.2 Å². The van der Waals surface area contributed by atoms with Gasteiger partial charge in [-0.15, -0.1) is 0 Å². The molecule has 0 radical (unpaired) electrons. The Labute approximate surface area is 192 Å². The van der Waals surface area contributed by atoms with Crippen molar-refractivity contribution in [2.45, 2.75) is 55.8 Å². The van der Waals surface area contributed by atoms with Crippen LogP contribution in [0.1, 0.15) is 44.2 Å². The van der Waals surface area contributed by atoms with Gasteiger partial charge in [-0.2, -0.15) is 23.2 Å². The number of pyridine rings is 1. The molecule has 0 unspecified atom stereocenters. The zero-order valence-corrected chi connectivity index (χ0v) is 18.8. The van der Waals surface area contributed by atoms with Crippen LogP contribution in [0.2, 0.25) is 5.02 Å².